The Hall–Kier alpha value is -0.830. The number of carbonyl (C=O) groups is 1. The van der Waals surface area contributed by atoms with Crippen molar-refractivity contribution in [1.82, 2.24) is 5.32 Å². The van der Waals surface area contributed by atoms with Crippen LogP contribution in [0.2, 0.25) is 0 Å². The Morgan fingerprint density at radius 1 is 1.24 bits per heavy atom. The Morgan fingerprint density at radius 3 is 2.65 bits per heavy atom. The van der Waals surface area contributed by atoms with Crippen LogP contribution in [0.15, 0.2) is 30.3 Å². The van der Waals surface area contributed by atoms with Gasteiger partial charge in [-0.1, -0.05) is 59.1 Å². The van der Waals surface area contributed by atoms with Crippen LogP contribution in [0.1, 0.15) is 31.2 Å². The first-order valence-corrected chi connectivity index (χ1v) is 7.14. The highest BCUT2D eigenvalue weighted by Gasteiger charge is 2.23. The van der Waals surface area contributed by atoms with E-state index in [1.165, 1.54) is 12.8 Å². The molecule has 1 N–H and O–H groups in total. The van der Waals surface area contributed by atoms with Crippen molar-refractivity contribution in [2.75, 3.05) is 0 Å². The maximum Gasteiger partial charge on any atom is 0.224 e. The van der Waals surface area contributed by atoms with Gasteiger partial charge in [0.25, 0.3) is 0 Å². The molecule has 0 saturated heterocycles. The molecular formula is C14H18BrNO. The van der Waals surface area contributed by atoms with Crippen LogP contribution in [0.25, 0.3) is 0 Å². The summed E-state index contributed by atoms with van der Waals surface area (Å²) >= 11 is 3.65. The minimum absolute atomic E-state index is 0.132. The lowest BCUT2D eigenvalue weighted by atomic mass is 9.95. The molecule has 0 unspecified atom stereocenters. The average molecular weight is 296 g/mol. The highest BCUT2D eigenvalue weighted by molar-refractivity contribution is 9.09. The Morgan fingerprint density at radius 2 is 1.94 bits per heavy atom. The first-order chi connectivity index (χ1) is 8.25. The summed E-state index contributed by atoms with van der Waals surface area (Å²) in [6.45, 7) is 0. The summed E-state index contributed by atoms with van der Waals surface area (Å²) in [6.07, 6.45) is 5.23. The summed E-state index contributed by atoms with van der Waals surface area (Å²) in [5, 5.41) is 3.13. The Bertz CT molecular complexity index is 366. The number of carbonyl (C=O) groups excluding carboxylic acids is 1. The van der Waals surface area contributed by atoms with Crippen molar-refractivity contribution >= 4 is 21.8 Å². The van der Waals surface area contributed by atoms with Crippen molar-refractivity contribution < 1.29 is 4.79 Å². The number of amides is 1. The predicted molar refractivity (Wildman–Crippen MR) is 73.3 cm³/mol. The number of benzene rings is 1. The molecule has 1 fully saturated rings. The summed E-state index contributed by atoms with van der Waals surface area (Å²) in [4.78, 5) is 12.3. The predicted octanol–water partition coefficient (Wildman–Crippen LogP) is 3.05. The zero-order valence-corrected chi connectivity index (χ0v) is 11.4. The maximum atomic E-state index is 11.9. The van der Waals surface area contributed by atoms with Crippen molar-refractivity contribution in [1.29, 1.82) is 0 Å². The Balaban J connectivity index is 1.84. The molecule has 0 spiro atoms. The number of hydrogen-bond acceptors (Lipinski definition) is 1. The number of rotatable bonds is 3. The first kappa shape index (κ1) is 12.6. The molecule has 2 atom stereocenters. The zero-order valence-electron chi connectivity index (χ0n) is 9.86. The molecule has 0 radical (unpaired) electrons. The third-order valence-electron chi connectivity index (χ3n) is 3.24. The number of halogens is 1. The van der Waals surface area contributed by atoms with E-state index in [4.69, 9.17) is 0 Å². The van der Waals surface area contributed by atoms with E-state index in [-0.39, 0.29) is 5.91 Å². The summed E-state index contributed by atoms with van der Waals surface area (Å²) in [5.74, 6) is 0.132. The van der Waals surface area contributed by atoms with Gasteiger partial charge in [-0.3, -0.25) is 4.79 Å². The van der Waals surface area contributed by atoms with Gasteiger partial charge in [0.15, 0.2) is 0 Å². The van der Waals surface area contributed by atoms with E-state index in [1.54, 1.807) is 0 Å². The molecule has 0 aromatic heterocycles. The van der Waals surface area contributed by atoms with Crippen molar-refractivity contribution in [2.24, 2.45) is 0 Å². The molecule has 1 aromatic carbocycles. The van der Waals surface area contributed by atoms with Gasteiger partial charge in [0.2, 0.25) is 5.91 Å². The number of nitrogens with one attached hydrogen (secondary N) is 1. The van der Waals surface area contributed by atoms with E-state index in [1.807, 2.05) is 30.3 Å². The third-order valence-corrected chi connectivity index (χ3v) is 4.33. The molecule has 17 heavy (non-hydrogen) atoms. The summed E-state index contributed by atoms with van der Waals surface area (Å²) in [6, 6.07) is 10.2. The fourth-order valence-corrected chi connectivity index (χ4v) is 3.01. The van der Waals surface area contributed by atoms with Crippen LogP contribution in [-0.2, 0) is 11.2 Å². The van der Waals surface area contributed by atoms with E-state index in [0.29, 0.717) is 17.3 Å². The molecule has 0 aliphatic heterocycles. The van der Waals surface area contributed by atoms with Gasteiger partial charge in [-0.05, 0) is 18.4 Å². The van der Waals surface area contributed by atoms with E-state index >= 15 is 0 Å². The topological polar surface area (TPSA) is 29.1 Å². The SMILES string of the molecule is O=C(Cc1ccccc1)N[C@@H]1CCCC[C@H]1Br. The van der Waals surface area contributed by atoms with Crippen LogP contribution in [-0.4, -0.2) is 16.8 Å². The largest absolute Gasteiger partial charge is 0.352 e. The summed E-state index contributed by atoms with van der Waals surface area (Å²) in [7, 11) is 0. The fourth-order valence-electron chi connectivity index (χ4n) is 2.29. The highest BCUT2D eigenvalue weighted by atomic mass is 79.9. The first-order valence-electron chi connectivity index (χ1n) is 6.23. The fraction of sp³-hybridized carbons (Fsp3) is 0.500. The van der Waals surface area contributed by atoms with Gasteiger partial charge in [-0.25, -0.2) is 0 Å². The van der Waals surface area contributed by atoms with Gasteiger partial charge in [-0.2, -0.15) is 0 Å². The lowest BCUT2D eigenvalue weighted by molar-refractivity contribution is -0.121. The molecule has 3 heteroatoms. The Labute approximate surface area is 111 Å². The van der Waals surface area contributed by atoms with Crippen LogP contribution in [0.5, 0.6) is 0 Å². The van der Waals surface area contributed by atoms with Crippen molar-refractivity contribution in [3.8, 4) is 0 Å². The Kier molecular flexibility index (Phi) is 4.60. The van der Waals surface area contributed by atoms with Crippen molar-refractivity contribution in [2.45, 2.75) is 43.0 Å². The van der Waals surface area contributed by atoms with Crippen LogP contribution in [0.3, 0.4) is 0 Å². The van der Waals surface area contributed by atoms with Gasteiger partial charge < -0.3 is 5.32 Å². The lowest BCUT2D eigenvalue weighted by Crippen LogP contribution is -2.43. The maximum absolute atomic E-state index is 11.9. The van der Waals surface area contributed by atoms with Gasteiger partial charge >= 0.3 is 0 Å². The quantitative estimate of drug-likeness (QED) is 0.853. The molecule has 1 aliphatic carbocycles. The molecule has 1 saturated carbocycles. The van der Waals surface area contributed by atoms with Crippen LogP contribution in [0, 0.1) is 0 Å². The van der Waals surface area contributed by atoms with Gasteiger partial charge in [0, 0.05) is 10.9 Å². The lowest BCUT2D eigenvalue weighted by Gasteiger charge is -2.28. The molecule has 92 valence electrons. The molecular weight excluding hydrogens is 278 g/mol. The minimum Gasteiger partial charge on any atom is -0.352 e. The number of hydrogen-bond donors (Lipinski definition) is 1. The standard InChI is InChI=1S/C14H18BrNO/c15-12-8-4-5-9-13(12)16-14(17)10-11-6-2-1-3-7-11/h1-3,6-7,12-13H,4-5,8-10H2,(H,16,17)/t12-,13-/m1/s1. The monoisotopic (exact) mass is 295 g/mol. The average Bonchev–Trinajstić information content (AvgIpc) is 2.33. The molecule has 1 aromatic rings. The van der Waals surface area contributed by atoms with Crippen LogP contribution in [0.4, 0.5) is 0 Å². The smallest absolute Gasteiger partial charge is 0.224 e. The van der Waals surface area contributed by atoms with Gasteiger partial charge in [0.1, 0.15) is 0 Å². The second-order valence-corrected chi connectivity index (χ2v) is 5.81. The van der Waals surface area contributed by atoms with E-state index in [9.17, 15) is 4.79 Å². The summed E-state index contributed by atoms with van der Waals surface area (Å²) < 4.78 is 0. The molecule has 1 amide bonds. The van der Waals surface area contributed by atoms with Crippen LogP contribution < -0.4 is 5.32 Å². The van der Waals surface area contributed by atoms with Gasteiger partial charge in [-0.15, -0.1) is 0 Å². The third kappa shape index (κ3) is 3.84. The van der Waals surface area contributed by atoms with Crippen LogP contribution >= 0.6 is 15.9 Å². The molecule has 0 heterocycles. The summed E-state index contributed by atoms with van der Waals surface area (Å²) in [5.41, 5.74) is 1.08. The molecule has 2 nitrogen and oxygen atoms in total. The minimum atomic E-state index is 0.132. The second-order valence-electron chi connectivity index (χ2n) is 4.64. The molecule has 1 aliphatic rings. The normalized spacial score (nSPS) is 24.3. The van der Waals surface area contributed by atoms with E-state index < -0.39 is 0 Å². The molecule has 2 rings (SSSR count). The molecule has 0 bridgehead atoms. The highest BCUT2D eigenvalue weighted by Crippen LogP contribution is 2.24. The van der Waals surface area contributed by atoms with Crippen molar-refractivity contribution in [3.63, 3.8) is 0 Å². The van der Waals surface area contributed by atoms with E-state index in [2.05, 4.69) is 21.2 Å². The zero-order chi connectivity index (χ0) is 12.1. The van der Waals surface area contributed by atoms with Crippen molar-refractivity contribution in [3.05, 3.63) is 35.9 Å². The van der Waals surface area contributed by atoms with Gasteiger partial charge in [0.05, 0.1) is 6.42 Å². The van der Waals surface area contributed by atoms with E-state index in [0.717, 1.165) is 18.4 Å². The second kappa shape index (κ2) is 6.20. The number of alkyl halides is 1.